The molecule has 1 atom stereocenters. The summed E-state index contributed by atoms with van der Waals surface area (Å²) in [4.78, 5) is 1.68. The first-order chi connectivity index (χ1) is 8.81. The molecule has 0 radical (unpaired) electrons. The third-order valence-electron chi connectivity index (χ3n) is 3.14. The Morgan fingerprint density at radius 1 is 1.33 bits per heavy atom. The topological polar surface area (TPSA) is 55.6 Å². The summed E-state index contributed by atoms with van der Waals surface area (Å²) < 4.78 is 0. The average Bonchev–Trinajstić information content (AvgIpc) is 3.02. The number of rotatable bonds is 3. The van der Waals surface area contributed by atoms with Gasteiger partial charge in [-0.25, -0.2) is 0 Å². The highest BCUT2D eigenvalue weighted by molar-refractivity contribution is 6.30. The van der Waals surface area contributed by atoms with Crippen molar-refractivity contribution in [3.8, 4) is 11.4 Å². The number of halogens is 1. The van der Waals surface area contributed by atoms with Gasteiger partial charge in [-0.2, -0.15) is 4.80 Å². The van der Waals surface area contributed by atoms with Crippen LogP contribution in [0.2, 0.25) is 5.02 Å². The lowest BCUT2D eigenvalue weighted by atomic mass is 10.1. The van der Waals surface area contributed by atoms with E-state index in [4.69, 9.17) is 11.6 Å². The smallest absolute Gasteiger partial charge is 0.204 e. The van der Waals surface area contributed by atoms with Crippen molar-refractivity contribution in [3.05, 3.63) is 29.3 Å². The van der Waals surface area contributed by atoms with E-state index in [0.717, 1.165) is 25.2 Å². The molecule has 2 heterocycles. The number of tetrazole rings is 1. The molecule has 1 aromatic heterocycles. The van der Waals surface area contributed by atoms with E-state index < -0.39 is 0 Å². The minimum Gasteiger partial charge on any atom is -0.316 e. The molecule has 0 aliphatic carbocycles. The fraction of sp³-hybridized carbons (Fsp3) is 0.417. The molecular weight excluding hydrogens is 250 g/mol. The molecule has 0 unspecified atom stereocenters. The lowest BCUT2D eigenvalue weighted by molar-refractivity contribution is 0.405. The zero-order chi connectivity index (χ0) is 12.4. The first kappa shape index (κ1) is 11.6. The average molecular weight is 264 g/mol. The van der Waals surface area contributed by atoms with Crippen molar-refractivity contribution >= 4 is 11.6 Å². The summed E-state index contributed by atoms with van der Waals surface area (Å²) >= 11 is 5.85. The van der Waals surface area contributed by atoms with Gasteiger partial charge in [0.25, 0.3) is 0 Å². The third kappa shape index (κ3) is 2.52. The van der Waals surface area contributed by atoms with Crippen LogP contribution >= 0.6 is 11.6 Å². The van der Waals surface area contributed by atoms with Crippen LogP contribution < -0.4 is 5.32 Å². The largest absolute Gasteiger partial charge is 0.316 e. The third-order valence-corrected chi connectivity index (χ3v) is 3.39. The summed E-state index contributed by atoms with van der Waals surface area (Å²) in [6.07, 6.45) is 1.18. The second-order valence-electron chi connectivity index (χ2n) is 4.53. The summed E-state index contributed by atoms with van der Waals surface area (Å²) in [5.41, 5.74) is 0.940. The molecule has 3 rings (SSSR count). The van der Waals surface area contributed by atoms with Crippen LogP contribution in [0.5, 0.6) is 0 Å². The summed E-state index contributed by atoms with van der Waals surface area (Å²) in [5.74, 6) is 1.26. The number of nitrogens with one attached hydrogen (secondary N) is 1. The highest BCUT2D eigenvalue weighted by Crippen LogP contribution is 2.17. The van der Waals surface area contributed by atoms with Gasteiger partial charge in [0.15, 0.2) is 0 Å². The number of hydrogen-bond acceptors (Lipinski definition) is 4. The Kier molecular flexibility index (Phi) is 3.25. The van der Waals surface area contributed by atoms with Crippen LogP contribution in [0.4, 0.5) is 0 Å². The van der Waals surface area contributed by atoms with Gasteiger partial charge in [0.05, 0.1) is 6.54 Å². The van der Waals surface area contributed by atoms with Crippen LogP contribution in [-0.4, -0.2) is 33.3 Å². The van der Waals surface area contributed by atoms with Gasteiger partial charge >= 0.3 is 0 Å². The summed E-state index contributed by atoms with van der Waals surface area (Å²) in [6.45, 7) is 2.95. The maximum atomic E-state index is 5.85. The molecule has 1 aliphatic rings. The Bertz CT molecular complexity index is 516. The van der Waals surface area contributed by atoms with Crippen molar-refractivity contribution in [1.82, 2.24) is 25.5 Å². The lowest BCUT2D eigenvalue weighted by Gasteiger charge is -2.04. The van der Waals surface area contributed by atoms with Crippen LogP contribution in [0.3, 0.4) is 0 Å². The zero-order valence-corrected chi connectivity index (χ0v) is 10.6. The van der Waals surface area contributed by atoms with Crippen LogP contribution in [0.1, 0.15) is 6.42 Å². The Hall–Kier alpha value is -1.46. The number of aromatic nitrogens is 4. The second kappa shape index (κ2) is 5.04. The van der Waals surface area contributed by atoms with Crippen molar-refractivity contribution in [2.24, 2.45) is 5.92 Å². The van der Waals surface area contributed by atoms with Gasteiger partial charge < -0.3 is 5.32 Å². The van der Waals surface area contributed by atoms with E-state index >= 15 is 0 Å². The molecule has 0 amide bonds. The highest BCUT2D eigenvalue weighted by Gasteiger charge is 2.16. The van der Waals surface area contributed by atoms with E-state index in [9.17, 15) is 0 Å². The fourth-order valence-electron chi connectivity index (χ4n) is 2.14. The molecule has 18 heavy (non-hydrogen) atoms. The molecule has 6 heteroatoms. The maximum absolute atomic E-state index is 5.85. The molecule has 1 saturated heterocycles. The van der Waals surface area contributed by atoms with Crippen molar-refractivity contribution in [3.63, 3.8) is 0 Å². The van der Waals surface area contributed by atoms with E-state index in [1.54, 1.807) is 4.80 Å². The van der Waals surface area contributed by atoms with Gasteiger partial charge in [0.1, 0.15) is 0 Å². The SMILES string of the molecule is Clc1ccc(-c2nnn(C[C@H]3CCNC3)n2)cc1. The Balaban J connectivity index is 1.74. The quantitative estimate of drug-likeness (QED) is 0.914. The van der Waals surface area contributed by atoms with Crippen LogP contribution in [0.25, 0.3) is 11.4 Å². The van der Waals surface area contributed by atoms with Gasteiger partial charge in [-0.3, -0.25) is 0 Å². The molecule has 0 saturated carbocycles. The molecule has 94 valence electrons. The van der Waals surface area contributed by atoms with E-state index in [1.165, 1.54) is 6.42 Å². The molecule has 1 aliphatic heterocycles. The van der Waals surface area contributed by atoms with Crippen LogP contribution in [-0.2, 0) is 6.54 Å². The summed E-state index contributed by atoms with van der Waals surface area (Å²) in [7, 11) is 0. The standard InChI is InChI=1S/C12H14ClN5/c13-11-3-1-10(2-4-11)12-15-17-18(16-12)8-9-5-6-14-7-9/h1-4,9,14H,5-8H2/t9-/m0/s1. The molecule has 0 bridgehead atoms. The molecule has 5 nitrogen and oxygen atoms in total. The number of benzene rings is 1. The van der Waals surface area contributed by atoms with E-state index in [2.05, 4.69) is 20.7 Å². The second-order valence-corrected chi connectivity index (χ2v) is 4.97. The molecule has 1 N–H and O–H groups in total. The fourth-order valence-corrected chi connectivity index (χ4v) is 2.26. The monoisotopic (exact) mass is 263 g/mol. The van der Waals surface area contributed by atoms with Crippen LogP contribution in [0.15, 0.2) is 24.3 Å². The minimum atomic E-state index is 0.609. The first-order valence-corrected chi connectivity index (χ1v) is 6.43. The minimum absolute atomic E-state index is 0.609. The Morgan fingerprint density at radius 3 is 2.89 bits per heavy atom. The van der Waals surface area contributed by atoms with Crippen molar-refractivity contribution in [1.29, 1.82) is 0 Å². The summed E-state index contributed by atoms with van der Waals surface area (Å²) in [6, 6.07) is 7.47. The molecule has 0 spiro atoms. The molecule has 2 aromatic rings. The normalized spacial score (nSPS) is 19.3. The van der Waals surface area contributed by atoms with E-state index in [0.29, 0.717) is 16.8 Å². The van der Waals surface area contributed by atoms with E-state index in [1.807, 2.05) is 24.3 Å². The van der Waals surface area contributed by atoms with Gasteiger partial charge in [0.2, 0.25) is 5.82 Å². The predicted molar refractivity (Wildman–Crippen MR) is 69.2 cm³/mol. The van der Waals surface area contributed by atoms with Gasteiger partial charge in [-0.05, 0) is 54.9 Å². The van der Waals surface area contributed by atoms with Crippen molar-refractivity contribution < 1.29 is 0 Å². The van der Waals surface area contributed by atoms with Gasteiger partial charge in [-0.1, -0.05) is 11.6 Å². The van der Waals surface area contributed by atoms with Gasteiger partial charge in [0, 0.05) is 10.6 Å². The molecular formula is C12H14ClN5. The Morgan fingerprint density at radius 2 is 2.17 bits per heavy atom. The van der Waals surface area contributed by atoms with Crippen molar-refractivity contribution in [2.75, 3.05) is 13.1 Å². The first-order valence-electron chi connectivity index (χ1n) is 6.06. The van der Waals surface area contributed by atoms with E-state index in [-0.39, 0.29) is 0 Å². The molecule has 1 aromatic carbocycles. The van der Waals surface area contributed by atoms with Crippen LogP contribution in [0, 0.1) is 5.92 Å². The summed E-state index contributed by atoms with van der Waals surface area (Å²) in [5, 5.41) is 16.6. The lowest BCUT2D eigenvalue weighted by Crippen LogP contribution is -2.16. The Labute approximate surface area is 110 Å². The number of nitrogens with zero attached hydrogens (tertiary/aromatic N) is 4. The zero-order valence-electron chi connectivity index (χ0n) is 9.88. The van der Waals surface area contributed by atoms with Crippen molar-refractivity contribution in [2.45, 2.75) is 13.0 Å². The number of hydrogen-bond donors (Lipinski definition) is 1. The predicted octanol–water partition coefficient (Wildman–Crippen LogP) is 1.60. The van der Waals surface area contributed by atoms with Gasteiger partial charge in [-0.15, -0.1) is 10.2 Å². The highest BCUT2D eigenvalue weighted by atomic mass is 35.5. The molecule has 1 fully saturated rings. The maximum Gasteiger partial charge on any atom is 0.204 e.